The summed E-state index contributed by atoms with van der Waals surface area (Å²) >= 11 is 0. The first-order valence-corrected chi connectivity index (χ1v) is 8.41. The quantitative estimate of drug-likeness (QED) is 0.858. The number of rotatable bonds is 3. The number of hydrogen-bond donors (Lipinski definition) is 1. The molecule has 0 spiro atoms. The van der Waals surface area contributed by atoms with Gasteiger partial charge in [0.25, 0.3) is 0 Å². The van der Waals surface area contributed by atoms with Gasteiger partial charge in [0, 0.05) is 25.0 Å². The number of aliphatic carboxylic acids is 1. The molecule has 5 heteroatoms. The van der Waals surface area contributed by atoms with Gasteiger partial charge in [0.2, 0.25) is 5.91 Å². The molecule has 1 amide bonds. The molecule has 0 bridgehead atoms. The Labute approximate surface area is 126 Å². The summed E-state index contributed by atoms with van der Waals surface area (Å²) in [5, 5.41) is 9.05. The van der Waals surface area contributed by atoms with Gasteiger partial charge in [-0.15, -0.1) is 0 Å². The van der Waals surface area contributed by atoms with Crippen molar-refractivity contribution in [2.45, 2.75) is 51.0 Å². The molecule has 0 aromatic heterocycles. The second-order valence-electron chi connectivity index (χ2n) is 6.84. The Morgan fingerprint density at radius 3 is 2.05 bits per heavy atom. The summed E-state index contributed by atoms with van der Waals surface area (Å²) in [4.78, 5) is 28.1. The molecule has 0 aromatic carbocycles. The molecular weight excluding hydrogens is 268 g/mol. The molecule has 2 heterocycles. The van der Waals surface area contributed by atoms with Crippen molar-refractivity contribution in [3.63, 3.8) is 0 Å². The van der Waals surface area contributed by atoms with Gasteiger partial charge in [0.15, 0.2) is 0 Å². The van der Waals surface area contributed by atoms with Crippen molar-refractivity contribution in [2.75, 3.05) is 26.2 Å². The van der Waals surface area contributed by atoms with Crippen LogP contribution >= 0.6 is 0 Å². The molecule has 2 aliphatic heterocycles. The van der Waals surface area contributed by atoms with E-state index in [1.54, 1.807) is 0 Å². The number of piperidine rings is 1. The third-order valence-electron chi connectivity index (χ3n) is 5.56. The average Bonchev–Trinajstić information content (AvgIpc) is 3.18. The van der Waals surface area contributed by atoms with Crippen LogP contribution in [0.1, 0.15) is 44.9 Å². The summed E-state index contributed by atoms with van der Waals surface area (Å²) in [6, 6.07) is 0.659. The first-order valence-electron chi connectivity index (χ1n) is 8.41. The molecule has 5 nitrogen and oxygen atoms in total. The van der Waals surface area contributed by atoms with Gasteiger partial charge in [-0.2, -0.15) is 0 Å². The highest BCUT2D eigenvalue weighted by Gasteiger charge is 2.37. The van der Waals surface area contributed by atoms with Gasteiger partial charge in [0.1, 0.15) is 0 Å². The molecule has 2 saturated heterocycles. The molecule has 3 fully saturated rings. The van der Waals surface area contributed by atoms with Crippen molar-refractivity contribution in [3.05, 3.63) is 0 Å². The molecule has 1 N–H and O–H groups in total. The molecule has 3 rings (SSSR count). The summed E-state index contributed by atoms with van der Waals surface area (Å²) in [7, 11) is 0. The maximum atomic E-state index is 12.5. The summed E-state index contributed by atoms with van der Waals surface area (Å²) < 4.78 is 0. The lowest BCUT2D eigenvalue weighted by Gasteiger charge is -2.37. The Hall–Kier alpha value is -1.10. The standard InChI is InChI=1S/C16H26N2O3/c19-15(12-3-4-13(11-12)16(20)21)18-9-5-14(6-10-18)17-7-1-2-8-17/h12-14H,1-11H2,(H,20,21)/t12-,13+/m1/s1. The normalized spacial score (nSPS) is 31.7. The lowest BCUT2D eigenvalue weighted by atomic mass is 9.99. The van der Waals surface area contributed by atoms with E-state index in [2.05, 4.69) is 4.90 Å². The van der Waals surface area contributed by atoms with Crippen molar-refractivity contribution < 1.29 is 14.7 Å². The fraction of sp³-hybridized carbons (Fsp3) is 0.875. The monoisotopic (exact) mass is 294 g/mol. The summed E-state index contributed by atoms with van der Waals surface area (Å²) in [6.45, 7) is 4.16. The SMILES string of the molecule is O=C(O)[C@H]1CC[C@@H](C(=O)N2CCC(N3CCCC3)CC2)C1. The van der Waals surface area contributed by atoms with Gasteiger partial charge in [-0.3, -0.25) is 9.59 Å². The second kappa shape index (κ2) is 6.34. The molecule has 0 radical (unpaired) electrons. The van der Waals surface area contributed by atoms with Crippen LogP contribution in [0.2, 0.25) is 0 Å². The zero-order valence-corrected chi connectivity index (χ0v) is 12.7. The Morgan fingerprint density at radius 1 is 0.857 bits per heavy atom. The third kappa shape index (κ3) is 3.23. The fourth-order valence-electron chi connectivity index (χ4n) is 4.25. The zero-order chi connectivity index (χ0) is 14.8. The smallest absolute Gasteiger partial charge is 0.306 e. The van der Waals surface area contributed by atoms with Crippen molar-refractivity contribution in [3.8, 4) is 0 Å². The molecule has 21 heavy (non-hydrogen) atoms. The van der Waals surface area contributed by atoms with Crippen LogP contribution in [0.3, 0.4) is 0 Å². The highest BCUT2D eigenvalue weighted by atomic mass is 16.4. The largest absolute Gasteiger partial charge is 0.481 e. The van der Waals surface area contributed by atoms with Gasteiger partial charge in [0.05, 0.1) is 5.92 Å². The van der Waals surface area contributed by atoms with Gasteiger partial charge >= 0.3 is 5.97 Å². The van der Waals surface area contributed by atoms with Crippen molar-refractivity contribution in [1.82, 2.24) is 9.80 Å². The molecular formula is C16H26N2O3. The lowest BCUT2D eigenvalue weighted by Crippen LogP contribution is -2.47. The van der Waals surface area contributed by atoms with Crippen LogP contribution in [0.25, 0.3) is 0 Å². The van der Waals surface area contributed by atoms with E-state index in [0.29, 0.717) is 18.9 Å². The number of nitrogens with zero attached hydrogens (tertiary/aromatic N) is 2. The minimum absolute atomic E-state index is 0.0468. The lowest BCUT2D eigenvalue weighted by molar-refractivity contribution is -0.141. The van der Waals surface area contributed by atoms with Crippen LogP contribution in [0.4, 0.5) is 0 Å². The maximum Gasteiger partial charge on any atom is 0.306 e. The number of hydrogen-bond acceptors (Lipinski definition) is 3. The summed E-state index contributed by atoms with van der Waals surface area (Å²) in [5.41, 5.74) is 0. The highest BCUT2D eigenvalue weighted by Crippen LogP contribution is 2.33. The molecule has 0 unspecified atom stereocenters. The van der Waals surface area contributed by atoms with Crippen molar-refractivity contribution >= 4 is 11.9 Å². The minimum Gasteiger partial charge on any atom is -0.481 e. The third-order valence-corrected chi connectivity index (χ3v) is 5.56. The summed E-state index contributed by atoms with van der Waals surface area (Å²) in [5.74, 6) is -0.882. The Bertz CT molecular complexity index is 398. The Morgan fingerprint density at radius 2 is 1.48 bits per heavy atom. The molecule has 118 valence electrons. The van der Waals surface area contributed by atoms with Crippen LogP contribution in [0, 0.1) is 11.8 Å². The highest BCUT2D eigenvalue weighted by molar-refractivity contribution is 5.81. The zero-order valence-electron chi connectivity index (χ0n) is 12.7. The van der Waals surface area contributed by atoms with E-state index in [1.165, 1.54) is 25.9 Å². The van der Waals surface area contributed by atoms with E-state index in [-0.39, 0.29) is 17.7 Å². The average molecular weight is 294 g/mol. The molecule has 1 saturated carbocycles. The number of carboxylic acids is 1. The van der Waals surface area contributed by atoms with Crippen LogP contribution in [0.15, 0.2) is 0 Å². The van der Waals surface area contributed by atoms with Crippen molar-refractivity contribution in [1.29, 1.82) is 0 Å². The van der Waals surface area contributed by atoms with E-state index in [0.717, 1.165) is 32.4 Å². The Kier molecular flexibility index (Phi) is 4.48. The Balaban J connectivity index is 1.48. The van der Waals surface area contributed by atoms with Crippen LogP contribution < -0.4 is 0 Å². The van der Waals surface area contributed by atoms with E-state index in [4.69, 9.17) is 5.11 Å². The predicted octanol–water partition coefficient (Wildman–Crippen LogP) is 1.57. The molecule has 2 atom stereocenters. The predicted molar refractivity (Wildman–Crippen MR) is 78.9 cm³/mol. The van der Waals surface area contributed by atoms with Gasteiger partial charge in [-0.1, -0.05) is 0 Å². The minimum atomic E-state index is -0.738. The first-order chi connectivity index (χ1) is 10.1. The maximum absolute atomic E-state index is 12.5. The number of carbonyl (C=O) groups is 2. The second-order valence-corrected chi connectivity index (χ2v) is 6.84. The van der Waals surface area contributed by atoms with E-state index in [9.17, 15) is 9.59 Å². The molecule has 1 aliphatic carbocycles. The summed E-state index contributed by atoms with van der Waals surface area (Å²) in [6.07, 6.45) is 6.76. The van der Waals surface area contributed by atoms with E-state index in [1.807, 2.05) is 4.90 Å². The number of likely N-dealkylation sites (tertiary alicyclic amines) is 2. The van der Waals surface area contributed by atoms with E-state index < -0.39 is 5.97 Å². The van der Waals surface area contributed by atoms with Crippen LogP contribution in [-0.2, 0) is 9.59 Å². The fourth-order valence-corrected chi connectivity index (χ4v) is 4.25. The number of carboxylic acid groups (broad SMARTS) is 1. The molecule has 3 aliphatic rings. The topological polar surface area (TPSA) is 60.9 Å². The number of carbonyl (C=O) groups excluding carboxylic acids is 1. The first kappa shape index (κ1) is 14.8. The van der Waals surface area contributed by atoms with Gasteiger partial charge in [-0.25, -0.2) is 0 Å². The van der Waals surface area contributed by atoms with Crippen LogP contribution in [-0.4, -0.2) is 59.0 Å². The molecule has 0 aromatic rings. The van der Waals surface area contributed by atoms with Crippen molar-refractivity contribution in [2.24, 2.45) is 11.8 Å². The van der Waals surface area contributed by atoms with Gasteiger partial charge in [-0.05, 0) is 58.0 Å². The van der Waals surface area contributed by atoms with Gasteiger partial charge < -0.3 is 14.9 Å². The van der Waals surface area contributed by atoms with E-state index >= 15 is 0 Å². The number of amides is 1. The van der Waals surface area contributed by atoms with Crippen LogP contribution in [0.5, 0.6) is 0 Å².